The lowest BCUT2D eigenvalue weighted by Gasteiger charge is -2.24. The second-order valence-corrected chi connectivity index (χ2v) is 4.85. The van der Waals surface area contributed by atoms with Crippen LogP contribution in [0.3, 0.4) is 0 Å². The van der Waals surface area contributed by atoms with Gasteiger partial charge in [-0.3, -0.25) is 9.59 Å². The SMILES string of the molecule is Cc1ccc2c(c1)C(=O)C1=C(O)CCC(O)=C1C2=O. The molecule has 4 heteroatoms. The van der Waals surface area contributed by atoms with E-state index in [1.807, 2.05) is 6.92 Å². The molecule has 19 heavy (non-hydrogen) atoms. The van der Waals surface area contributed by atoms with E-state index in [4.69, 9.17) is 0 Å². The normalized spacial score (nSPS) is 18.6. The standard InChI is InChI=1S/C15H12O4/c1-7-2-3-8-9(6-7)15(19)13-11(17)5-4-10(16)12(13)14(8)18/h2-3,6,16-17H,4-5H2,1H3. The predicted molar refractivity (Wildman–Crippen MR) is 68.4 cm³/mol. The number of aliphatic hydroxyl groups excluding tert-OH is 2. The number of ketones is 2. The van der Waals surface area contributed by atoms with Crippen LogP contribution in [-0.2, 0) is 0 Å². The molecule has 0 spiro atoms. The number of rotatable bonds is 0. The maximum atomic E-state index is 12.4. The van der Waals surface area contributed by atoms with Crippen molar-refractivity contribution in [2.45, 2.75) is 19.8 Å². The van der Waals surface area contributed by atoms with Crippen molar-refractivity contribution < 1.29 is 19.8 Å². The van der Waals surface area contributed by atoms with Gasteiger partial charge in [0, 0.05) is 24.0 Å². The predicted octanol–water partition coefficient (Wildman–Crippen LogP) is 2.79. The highest BCUT2D eigenvalue weighted by Crippen LogP contribution is 2.37. The summed E-state index contributed by atoms with van der Waals surface area (Å²) in [6, 6.07) is 4.98. The first-order valence-corrected chi connectivity index (χ1v) is 6.05. The van der Waals surface area contributed by atoms with Crippen molar-refractivity contribution in [1.82, 2.24) is 0 Å². The Labute approximate surface area is 109 Å². The van der Waals surface area contributed by atoms with Crippen LogP contribution < -0.4 is 0 Å². The monoisotopic (exact) mass is 256 g/mol. The molecule has 1 aromatic carbocycles. The van der Waals surface area contributed by atoms with Crippen LogP contribution in [0, 0.1) is 6.92 Å². The van der Waals surface area contributed by atoms with E-state index in [-0.39, 0.29) is 41.1 Å². The van der Waals surface area contributed by atoms with Crippen LogP contribution in [0.5, 0.6) is 0 Å². The van der Waals surface area contributed by atoms with Crippen molar-refractivity contribution in [2.75, 3.05) is 0 Å². The largest absolute Gasteiger partial charge is 0.512 e. The van der Waals surface area contributed by atoms with Gasteiger partial charge in [0.15, 0.2) is 11.6 Å². The molecule has 0 amide bonds. The molecule has 3 rings (SSSR count). The number of Topliss-reactive ketones (excluding diaryl/α,β-unsaturated/α-hetero) is 2. The van der Waals surface area contributed by atoms with Gasteiger partial charge in [-0.25, -0.2) is 0 Å². The fraction of sp³-hybridized carbons (Fsp3) is 0.200. The molecule has 0 heterocycles. The zero-order chi connectivity index (χ0) is 13.7. The van der Waals surface area contributed by atoms with Gasteiger partial charge in [0.05, 0.1) is 11.1 Å². The number of allylic oxidation sites excluding steroid dienone is 4. The molecule has 2 aliphatic rings. The Kier molecular flexibility index (Phi) is 2.35. The molecule has 4 nitrogen and oxygen atoms in total. The van der Waals surface area contributed by atoms with Crippen molar-refractivity contribution in [3.63, 3.8) is 0 Å². The van der Waals surface area contributed by atoms with E-state index in [0.29, 0.717) is 5.56 Å². The molecule has 96 valence electrons. The van der Waals surface area contributed by atoms with Crippen molar-refractivity contribution in [1.29, 1.82) is 0 Å². The molecule has 0 radical (unpaired) electrons. The summed E-state index contributed by atoms with van der Waals surface area (Å²) in [7, 11) is 0. The first-order chi connectivity index (χ1) is 9.00. The van der Waals surface area contributed by atoms with Crippen LogP contribution in [0.4, 0.5) is 0 Å². The Bertz CT molecular complexity index is 692. The molecule has 0 bridgehead atoms. The summed E-state index contributed by atoms with van der Waals surface area (Å²) in [6.45, 7) is 1.83. The van der Waals surface area contributed by atoms with Gasteiger partial charge in [-0.15, -0.1) is 0 Å². The number of hydrogen-bond acceptors (Lipinski definition) is 4. The number of hydrogen-bond donors (Lipinski definition) is 2. The minimum absolute atomic E-state index is 0.0353. The number of carbonyl (C=O) groups excluding carboxylic acids is 2. The summed E-state index contributed by atoms with van der Waals surface area (Å²) in [5.41, 5.74) is 1.38. The topological polar surface area (TPSA) is 74.6 Å². The first kappa shape index (κ1) is 11.7. The van der Waals surface area contributed by atoms with Crippen LogP contribution in [0.25, 0.3) is 0 Å². The molecule has 0 aliphatic heterocycles. The Morgan fingerprint density at radius 2 is 1.42 bits per heavy atom. The molecular formula is C15H12O4. The maximum absolute atomic E-state index is 12.4. The Morgan fingerprint density at radius 3 is 2.00 bits per heavy atom. The lowest BCUT2D eigenvalue weighted by atomic mass is 9.77. The van der Waals surface area contributed by atoms with Crippen LogP contribution in [0.1, 0.15) is 39.1 Å². The van der Waals surface area contributed by atoms with Crippen molar-refractivity contribution in [3.05, 3.63) is 57.6 Å². The number of aryl methyl sites for hydroxylation is 1. The molecule has 0 saturated heterocycles. The third-order valence-corrected chi connectivity index (χ3v) is 3.54. The first-order valence-electron chi connectivity index (χ1n) is 6.05. The van der Waals surface area contributed by atoms with Gasteiger partial charge in [0.2, 0.25) is 0 Å². The second-order valence-electron chi connectivity index (χ2n) is 4.85. The van der Waals surface area contributed by atoms with Crippen LogP contribution >= 0.6 is 0 Å². The molecule has 0 fully saturated rings. The fourth-order valence-electron chi connectivity index (χ4n) is 2.58. The third-order valence-electron chi connectivity index (χ3n) is 3.54. The van der Waals surface area contributed by atoms with Gasteiger partial charge >= 0.3 is 0 Å². The Hall–Kier alpha value is -2.36. The average Bonchev–Trinajstić information content (AvgIpc) is 2.38. The maximum Gasteiger partial charge on any atom is 0.198 e. The van der Waals surface area contributed by atoms with Crippen LogP contribution in [0.2, 0.25) is 0 Å². The summed E-state index contributed by atoms with van der Waals surface area (Å²) in [6.07, 6.45) is 0.371. The Morgan fingerprint density at radius 1 is 0.895 bits per heavy atom. The number of carbonyl (C=O) groups is 2. The van der Waals surface area contributed by atoms with E-state index in [1.54, 1.807) is 18.2 Å². The van der Waals surface area contributed by atoms with E-state index >= 15 is 0 Å². The fourth-order valence-corrected chi connectivity index (χ4v) is 2.58. The van der Waals surface area contributed by atoms with Gasteiger partial charge in [-0.2, -0.15) is 0 Å². The zero-order valence-corrected chi connectivity index (χ0v) is 10.4. The number of aliphatic hydroxyl groups is 2. The lowest BCUT2D eigenvalue weighted by molar-refractivity contribution is 0.0959. The number of fused-ring (bicyclic) bond motifs is 2. The molecule has 1 aromatic rings. The van der Waals surface area contributed by atoms with Crippen molar-refractivity contribution >= 4 is 11.6 Å². The summed E-state index contributed by atoms with van der Waals surface area (Å²) < 4.78 is 0. The van der Waals surface area contributed by atoms with Gasteiger partial charge in [0.25, 0.3) is 0 Å². The summed E-state index contributed by atoms with van der Waals surface area (Å²) in [5.74, 6) is -1.01. The van der Waals surface area contributed by atoms with Crippen molar-refractivity contribution in [3.8, 4) is 0 Å². The zero-order valence-electron chi connectivity index (χ0n) is 10.4. The average molecular weight is 256 g/mol. The van der Waals surface area contributed by atoms with E-state index in [2.05, 4.69) is 0 Å². The molecule has 0 unspecified atom stereocenters. The van der Waals surface area contributed by atoms with Gasteiger partial charge < -0.3 is 10.2 Å². The van der Waals surface area contributed by atoms with Crippen LogP contribution in [-0.4, -0.2) is 21.8 Å². The smallest absolute Gasteiger partial charge is 0.198 e. The molecule has 0 saturated carbocycles. The van der Waals surface area contributed by atoms with Gasteiger partial charge in [-0.05, 0) is 13.0 Å². The molecule has 2 aliphatic carbocycles. The molecule has 0 aromatic heterocycles. The number of benzene rings is 1. The molecular weight excluding hydrogens is 244 g/mol. The van der Waals surface area contributed by atoms with Crippen molar-refractivity contribution in [2.24, 2.45) is 0 Å². The quantitative estimate of drug-likeness (QED) is 0.748. The van der Waals surface area contributed by atoms with E-state index in [0.717, 1.165) is 5.56 Å². The highest BCUT2D eigenvalue weighted by molar-refractivity contribution is 6.31. The highest BCUT2D eigenvalue weighted by Gasteiger charge is 2.38. The van der Waals surface area contributed by atoms with E-state index in [9.17, 15) is 19.8 Å². The summed E-state index contributed by atoms with van der Waals surface area (Å²) in [5, 5.41) is 19.7. The second kappa shape index (κ2) is 3.82. The lowest BCUT2D eigenvalue weighted by Crippen LogP contribution is -2.27. The highest BCUT2D eigenvalue weighted by atomic mass is 16.3. The summed E-state index contributed by atoms with van der Waals surface area (Å²) in [4.78, 5) is 24.7. The molecule has 0 atom stereocenters. The summed E-state index contributed by atoms with van der Waals surface area (Å²) >= 11 is 0. The van der Waals surface area contributed by atoms with Crippen LogP contribution in [0.15, 0.2) is 40.9 Å². The van der Waals surface area contributed by atoms with E-state index < -0.39 is 11.6 Å². The minimum atomic E-state index is -0.395. The van der Waals surface area contributed by atoms with E-state index in [1.165, 1.54) is 0 Å². The van der Waals surface area contributed by atoms with Gasteiger partial charge in [0.1, 0.15) is 11.5 Å². The third kappa shape index (κ3) is 1.53. The minimum Gasteiger partial charge on any atom is -0.512 e. The Balaban J connectivity index is 2.35. The van der Waals surface area contributed by atoms with Gasteiger partial charge in [-0.1, -0.05) is 17.7 Å². The molecule has 2 N–H and O–H groups in total.